The van der Waals surface area contributed by atoms with E-state index < -0.39 is 0 Å². The van der Waals surface area contributed by atoms with Crippen LogP contribution >= 0.6 is 11.8 Å². The average Bonchev–Trinajstić information content (AvgIpc) is 3.01. The molecule has 1 N–H and O–H groups in total. The Hall–Kier alpha value is -0.520. The molecule has 2 unspecified atom stereocenters. The van der Waals surface area contributed by atoms with Crippen LogP contribution < -0.4 is 5.32 Å². The van der Waals surface area contributed by atoms with E-state index in [2.05, 4.69) is 17.2 Å². The van der Waals surface area contributed by atoms with Gasteiger partial charge in [0.25, 0.3) is 5.22 Å². The topological polar surface area (TPSA) is 47.3 Å². The van der Waals surface area contributed by atoms with Crippen molar-refractivity contribution in [3.8, 4) is 0 Å². The summed E-state index contributed by atoms with van der Waals surface area (Å²) in [7, 11) is 0. The van der Waals surface area contributed by atoms with Gasteiger partial charge in [0, 0.05) is 24.3 Å². The molecule has 1 aliphatic rings. The summed E-state index contributed by atoms with van der Waals surface area (Å²) < 4.78 is 10.7. The molecule has 4 nitrogen and oxygen atoms in total. The van der Waals surface area contributed by atoms with Crippen LogP contribution in [0.4, 0.5) is 0 Å². The zero-order valence-corrected chi connectivity index (χ0v) is 11.0. The van der Waals surface area contributed by atoms with Crippen LogP contribution in [0.25, 0.3) is 0 Å². The molecule has 0 bridgehead atoms. The fourth-order valence-corrected chi connectivity index (χ4v) is 2.98. The van der Waals surface area contributed by atoms with Gasteiger partial charge < -0.3 is 14.5 Å². The fraction of sp³-hybridized carbons (Fsp3) is 0.750. The van der Waals surface area contributed by atoms with Gasteiger partial charge in [-0.1, -0.05) is 18.7 Å². The van der Waals surface area contributed by atoms with E-state index in [1.165, 1.54) is 0 Å². The van der Waals surface area contributed by atoms with Crippen molar-refractivity contribution in [3.05, 3.63) is 12.5 Å². The van der Waals surface area contributed by atoms with Gasteiger partial charge >= 0.3 is 0 Å². The highest BCUT2D eigenvalue weighted by Gasteiger charge is 2.25. The van der Waals surface area contributed by atoms with Gasteiger partial charge in [-0.25, -0.2) is 4.98 Å². The third kappa shape index (κ3) is 4.01. The number of hydrogen-bond donors (Lipinski definition) is 1. The lowest BCUT2D eigenvalue weighted by atomic mass is 10.0. The molecule has 17 heavy (non-hydrogen) atoms. The van der Waals surface area contributed by atoms with Crippen LogP contribution in [0.3, 0.4) is 0 Å². The standard InChI is InChI=1S/C12H20N2O2S/c1-2-4-13-11(10-3-6-15-8-10)9-17-12-14-5-7-16-12/h5,7,10-11,13H,2-4,6,8-9H2,1H3. The number of thioether (sulfide) groups is 1. The van der Waals surface area contributed by atoms with E-state index >= 15 is 0 Å². The zero-order chi connectivity index (χ0) is 11.9. The highest BCUT2D eigenvalue weighted by molar-refractivity contribution is 7.99. The van der Waals surface area contributed by atoms with Crippen molar-refractivity contribution in [1.29, 1.82) is 0 Å². The lowest BCUT2D eigenvalue weighted by Gasteiger charge is -2.22. The quantitative estimate of drug-likeness (QED) is 0.758. The molecule has 1 fully saturated rings. The number of nitrogens with one attached hydrogen (secondary N) is 1. The van der Waals surface area contributed by atoms with E-state index in [0.29, 0.717) is 12.0 Å². The maximum Gasteiger partial charge on any atom is 0.255 e. The van der Waals surface area contributed by atoms with Crippen LogP contribution in [0, 0.1) is 5.92 Å². The van der Waals surface area contributed by atoms with Crippen molar-refractivity contribution in [3.63, 3.8) is 0 Å². The molecule has 2 heterocycles. The minimum absolute atomic E-state index is 0.495. The molecule has 1 aliphatic heterocycles. The smallest absolute Gasteiger partial charge is 0.255 e. The van der Waals surface area contributed by atoms with Crippen molar-refractivity contribution in [2.75, 3.05) is 25.5 Å². The van der Waals surface area contributed by atoms with Gasteiger partial charge in [0.05, 0.1) is 12.8 Å². The molecule has 2 rings (SSSR count). The summed E-state index contributed by atoms with van der Waals surface area (Å²) in [5.74, 6) is 1.62. The number of hydrogen-bond acceptors (Lipinski definition) is 5. The van der Waals surface area contributed by atoms with E-state index in [1.54, 1.807) is 24.2 Å². The molecule has 2 atom stereocenters. The van der Waals surface area contributed by atoms with Gasteiger partial charge in [-0.3, -0.25) is 0 Å². The van der Waals surface area contributed by atoms with Crippen LogP contribution in [-0.4, -0.2) is 36.5 Å². The summed E-state index contributed by atoms with van der Waals surface area (Å²) in [6.45, 7) is 5.04. The monoisotopic (exact) mass is 256 g/mol. The van der Waals surface area contributed by atoms with Gasteiger partial charge in [-0.05, 0) is 19.4 Å². The summed E-state index contributed by atoms with van der Waals surface area (Å²) in [5, 5.41) is 4.36. The van der Waals surface area contributed by atoms with Gasteiger partial charge in [0.15, 0.2) is 0 Å². The first-order valence-corrected chi connectivity index (χ1v) is 7.22. The first-order valence-electron chi connectivity index (χ1n) is 6.23. The summed E-state index contributed by atoms with van der Waals surface area (Å²) in [5.41, 5.74) is 0. The first kappa shape index (κ1) is 12.9. The van der Waals surface area contributed by atoms with Crippen molar-refractivity contribution in [2.45, 2.75) is 31.0 Å². The second-order valence-electron chi connectivity index (χ2n) is 4.29. The highest BCUT2D eigenvalue weighted by Crippen LogP contribution is 2.23. The predicted molar refractivity (Wildman–Crippen MR) is 68.2 cm³/mol. The fourth-order valence-electron chi connectivity index (χ4n) is 2.00. The maximum atomic E-state index is 5.47. The van der Waals surface area contributed by atoms with E-state index in [1.807, 2.05) is 0 Å². The molecule has 96 valence electrons. The number of ether oxygens (including phenoxy) is 1. The Balaban J connectivity index is 1.81. The molecule has 0 amide bonds. The maximum absolute atomic E-state index is 5.47. The number of aromatic nitrogens is 1. The van der Waals surface area contributed by atoms with Gasteiger partial charge in [0.1, 0.15) is 6.26 Å². The second-order valence-corrected chi connectivity index (χ2v) is 5.26. The molecule has 0 saturated carbocycles. The zero-order valence-electron chi connectivity index (χ0n) is 10.2. The van der Waals surface area contributed by atoms with Crippen LogP contribution in [0.1, 0.15) is 19.8 Å². The van der Waals surface area contributed by atoms with Crippen molar-refractivity contribution in [2.24, 2.45) is 5.92 Å². The van der Waals surface area contributed by atoms with Crippen LogP contribution in [0.5, 0.6) is 0 Å². The minimum atomic E-state index is 0.495. The molecule has 0 spiro atoms. The van der Waals surface area contributed by atoms with Gasteiger partial charge in [-0.15, -0.1) is 0 Å². The van der Waals surface area contributed by atoms with E-state index in [4.69, 9.17) is 9.15 Å². The van der Waals surface area contributed by atoms with Crippen LogP contribution in [0.2, 0.25) is 0 Å². The SMILES string of the molecule is CCCNC(CSc1ncco1)C1CCOC1. The van der Waals surface area contributed by atoms with Crippen molar-refractivity contribution < 1.29 is 9.15 Å². The van der Waals surface area contributed by atoms with Crippen LogP contribution in [-0.2, 0) is 4.74 Å². The molecular formula is C12H20N2O2S. The molecule has 5 heteroatoms. The van der Waals surface area contributed by atoms with Gasteiger partial charge in [0.2, 0.25) is 0 Å². The van der Waals surface area contributed by atoms with Crippen molar-refractivity contribution in [1.82, 2.24) is 10.3 Å². The third-order valence-corrected chi connectivity index (χ3v) is 3.96. The molecule has 1 saturated heterocycles. The Kier molecular flexibility index (Phi) is 5.35. The minimum Gasteiger partial charge on any atom is -0.440 e. The van der Waals surface area contributed by atoms with E-state index in [9.17, 15) is 0 Å². The van der Waals surface area contributed by atoms with E-state index in [0.717, 1.165) is 43.6 Å². The Morgan fingerprint density at radius 3 is 3.24 bits per heavy atom. The number of nitrogens with zero attached hydrogens (tertiary/aromatic N) is 1. The average molecular weight is 256 g/mol. The van der Waals surface area contributed by atoms with E-state index in [-0.39, 0.29) is 0 Å². The second kappa shape index (κ2) is 7.03. The molecule has 0 aliphatic carbocycles. The number of oxazole rings is 1. The summed E-state index contributed by atoms with van der Waals surface area (Å²) in [4.78, 5) is 4.13. The summed E-state index contributed by atoms with van der Waals surface area (Å²) >= 11 is 1.68. The van der Waals surface area contributed by atoms with Crippen LogP contribution in [0.15, 0.2) is 22.1 Å². The Morgan fingerprint density at radius 2 is 2.59 bits per heavy atom. The lowest BCUT2D eigenvalue weighted by Crippen LogP contribution is -2.39. The summed E-state index contributed by atoms with van der Waals surface area (Å²) in [6.07, 6.45) is 5.63. The van der Waals surface area contributed by atoms with Crippen molar-refractivity contribution >= 4 is 11.8 Å². The third-order valence-electron chi connectivity index (χ3n) is 2.99. The molecule has 1 aromatic rings. The Labute approximate surface area is 107 Å². The largest absolute Gasteiger partial charge is 0.440 e. The Bertz CT molecular complexity index is 299. The Morgan fingerprint density at radius 1 is 1.65 bits per heavy atom. The number of rotatable bonds is 7. The summed E-state index contributed by atoms with van der Waals surface area (Å²) in [6, 6.07) is 0.495. The molecular weight excluding hydrogens is 236 g/mol. The molecule has 0 radical (unpaired) electrons. The normalized spacial score (nSPS) is 21.8. The first-order chi connectivity index (χ1) is 8.40. The molecule has 0 aromatic carbocycles. The highest BCUT2D eigenvalue weighted by atomic mass is 32.2. The predicted octanol–water partition coefficient (Wildman–Crippen LogP) is 2.17. The lowest BCUT2D eigenvalue weighted by molar-refractivity contribution is 0.179. The van der Waals surface area contributed by atoms with Gasteiger partial charge in [-0.2, -0.15) is 0 Å². The molecule has 1 aromatic heterocycles.